The molecule has 2 rings (SSSR count). The molecule has 0 aromatic carbocycles. The Morgan fingerprint density at radius 2 is 2.21 bits per heavy atom. The van der Waals surface area contributed by atoms with E-state index in [1.54, 1.807) is 4.90 Å². The number of amides is 1. The van der Waals surface area contributed by atoms with Crippen molar-refractivity contribution in [1.82, 2.24) is 19.8 Å². The van der Waals surface area contributed by atoms with Crippen LogP contribution >= 0.6 is 0 Å². The van der Waals surface area contributed by atoms with Gasteiger partial charge in [0.25, 0.3) is 11.5 Å². The second kappa shape index (κ2) is 6.44. The van der Waals surface area contributed by atoms with Crippen LogP contribution in [0, 0.1) is 0 Å². The van der Waals surface area contributed by atoms with Gasteiger partial charge in [-0.15, -0.1) is 0 Å². The Balaban J connectivity index is 1.99. The molecule has 0 radical (unpaired) electrons. The van der Waals surface area contributed by atoms with E-state index in [4.69, 9.17) is 5.11 Å². The zero-order chi connectivity index (χ0) is 13.7. The van der Waals surface area contributed by atoms with Gasteiger partial charge in [-0.05, 0) is 13.0 Å². The van der Waals surface area contributed by atoms with Crippen LogP contribution in [-0.2, 0) is 0 Å². The molecule has 0 spiro atoms. The number of nitrogens with zero attached hydrogens (tertiary/aromatic N) is 3. The van der Waals surface area contributed by atoms with E-state index in [1.807, 2.05) is 0 Å². The van der Waals surface area contributed by atoms with Crippen molar-refractivity contribution in [2.24, 2.45) is 0 Å². The second-order valence-corrected chi connectivity index (χ2v) is 4.51. The summed E-state index contributed by atoms with van der Waals surface area (Å²) >= 11 is 0. The lowest BCUT2D eigenvalue weighted by atomic mass is 10.3. The number of aromatic nitrogens is 2. The molecule has 19 heavy (non-hydrogen) atoms. The first-order valence-corrected chi connectivity index (χ1v) is 6.38. The fraction of sp³-hybridized carbons (Fsp3) is 0.583. The topological polar surface area (TPSA) is 89.5 Å². The number of hydrogen-bond acceptors (Lipinski definition) is 5. The molecular formula is C12H18N4O3. The highest BCUT2D eigenvalue weighted by atomic mass is 16.3. The summed E-state index contributed by atoms with van der Waals surface area (Å²) in [6, 6.07) is 0. The molecule has 0 saturated carbocycles. The second-order valence-electron chi connectivity index (χ2n) is 4.51. The molecule has 1 saturated heterocycles. The van der Waals surface area contributed by atoms with Crippen molar-refractivity contribution in [1.29, 1.82) is 0 Å². The molecule has 0 bridgehead atoms. The van der Waals surface area contributed by atoms with Gasteiger partial charge in [-0.25, -0.2) is 4.98 Å². The van der Waals surface area contributed by atoms with Crippen LogP contribution < -0.4 is 5.56 Å². The van der Waals surface area contributed by atoms with Crippen molar-refractivity contribution in [3.8, 4) is 0 Å². The zero-order valence-electron chi connectivity index (χ0n) is 10.7. The minimum atomic E-state index is -0.318. The number of hydrogen-bond donors (Lipinski definition) is 2. The number of rotatable bonds is 3. The minimum Gasteiger partial charge on any atom is -0.395 e. The van der Waals surface area contributed by atoms with Crippen molar-refractivity contribution in [2.75, 3.05) is 39.3 Å². The smallest absolute Gasteiger partial charge is 0.274 e. The number of aliphatic hydroxyl groups excluding tert-OH is 1. The Kier molecular flexibility index (Phi) is 4.64. The van der Waals surface area contributed by atoms with Crippen LogP contribution in [0.2, 0.25) is 0 Å². The Morgan fingerprint density at radius 3 is 2.89 bits per heavy atom. The Bertz CT molecular complexity index is 468. The summed E-state index contributed by atoms with van der Waals surface area (Å²) in [6.45, 7) is 3.68. The van der Waals surface area contributed by atoms with Gasteiger partial charge >= 0.3 is 0 Å². The van der Waals surface area contributed by atoms with E-state index in [-0.39, 0.29) is 23.8 Å². The summed E-state index contributed by atoms with van der Waals surface area (Å²) < 4.78 is 0. The van der Waals surface area contributed by atoms with Crippen molar-refractivity contribution >= 4 is 5.91 Å². The molecule has 1 aromatic rings. The van der Waals surface area contributed by atoms with E-state index in [2.05, 4.69) is 14.9 Å². The summed E-state index contributed by atoms with van der Waals surface area (Å²) in [6.07, 6.45) is 3.33. The monoisotopic (exact) mass is 266 g/mol. The van der Waals surface area contributed by atoms with Gasteiger partial charge in [-0.3, -0.25) is 14.5 Å². The number of β-amino-alcohol motifs (C(OH)–C–C–N with tert-alkyl or cyclic N) is 1. The number of aliphatic hydroxyl groups is 1. The van der Waals surface area contributed by atoms with Crippen LogP contribution in [0.15, 0.2) is 17.2 Å². The SMILES string of the molecule is O=C(c1c[nH]c(=O)cn1)N1CCCN(CCO)CC1. The largest absolute Gasteiger partial charge is 0.395 e. The van der Waals surface area contributed by atoms with Gasteiger partial charge in [0.1, 0.15) is 5.69 Å². The van der Waals surface area contributed by atoms with Gasteiger partial charge in [-0.2, -0.15) is 0 Å². The maximum absolute atomic E-state index is 12.2. The van der Waals surface area contributed by atoms with Crippen LogP contribution in [0.5, 0.6) is 0 Å². The third-order valence-electron chi connectivity index (χ3n) is 3.18. The Morgan fingerprint density at radius 1 is 1.37 bits per heavy atom. The number of carbonyl (C=O) groups excluding carboxylic acids is 1. The number of aromatic amines is 1. The summed E-state index contributed by atoms with van der Waals surface area (Å²) in [5.41, 5.74) is -0.0586. The predicted molar refractivity (Wildman–Crippen MR) is 68.9 cm³/mol. The highest BCUT2D eigenvalue weighted by Crippen LogP contribution is 2.06. The molecule has 1 amide bonds. The fourth-order valence-electron chi connectivity index (χ4n) is 2.16. The third kappa shape index (κ3) is 3.62. The molecule has 7 nitrogen and oxygen atoms in total. The van der Waals surface area contributed by atoms with E-state index >= 15 is 0 Å². The van der Waals surface area contributed by atoms with Crippen LogP contribution in [0.3, 0.4) is 0 Å². The first-order valence-electron chi connectivity index (χ1n) is 6.38. The van der Waals surface area contributed by atoms with E-state index in [9.17, 15) is 9.59 Å². The highest BCUT2D eigenvalue weighted by molar-refractivity contribution is 5.91. The first-order chi connectivity index (χ1) is 9.20. The summed E-state index contributed by atoms with van der Waals surface area (Å²) in [5, 5.41) is 8.92. The van der Waals surface area contributed by atoms with E-state index in [1.165, 1.54) is 6.20 Å². The van der Waals surface area contributed by atoms with E-state index in [0.717, 1.165) is 25.7 Å². The van der Waals surface area contributed by atoms with Gasteiger partial charge in [0.15, 0.2) is 0 Å². The molecule has 1 aromatic heterocycles. The molecule has 0 aliphatic carbocycles. The number of carbonyl (C=O) groups is 1. The average Bonchev–Trinajstić information content (AvgIpc) is 2.65. The molecule has 7 heteroatoms. The molecule has 1 aliphatic heterocycles. The highest BCUT2D eigenvalue weighted by Gasteiger charge is 2.20. The number of nitrogens with one attached hydrogen (secondary N) is 1. The van der Waals surface area contributed by atoms with Crippen LogP contribution in [-0.4, -0.2) is 70.1 Å². The van der Waals surface area contributed by atoms with Gasteiger partial charge < -0.3 is 15.0 Å². The van der Waals surface area contributed by atoms with Gasteiger partial charge in [0.2, 0.25) is 0 Å². The summed E-state index contributed by atoms with van der Waals surface area (Å²) in [5.74, 6) is -0.165. The molecule has 2 N–H and O–H groups in total. The zero-order valence-corrected chi connectivity index (χ0v) is 10.7. The van der Waals surface area contributed by atoms with Crippen LogP contribution in [0.4, 0.5) is 0 Å². The molecule has 2 heterocycles. The lowest BCUT2D eigenvalue weighted by Gasteiger charge is -2.21. The lowest BCUT2D eigenvalue weighted by molar-refractivity contribution is 0.0754. The number of H-pyrrole nitrogens is 1. The summed E-state index contributed by atoms with van der Waals surface area (Å²) in [7, 11) is 0. The maximum atomic E-state index is 12.2. The molecule has 104 valence electrons. The summed E-state index contributed by atoms with van der Waals surface area (Å²) in [4.78, 5) is 33.3. The first kappa shape index (κ1) is 13.7. The van der Waals surface area contributed by atoms with Crippen molar-refractivity contribution < 1.29 is 9.90 Å². The molecule has 1 aliphatic rings. The van der Waals surface area contributed by atoms with Gasteiger partial charge in [-0.1, -0.05) is 0 Å². The Labute approximate surface area is 110 Å². The van der Waals surface area contributed by atoms with Crippen LogP contribution in [0.25, 0.3) is 0 Å². The van der Waals surface area contributed by atoms with Gasteiger partial charge in [0.05, 0.1) is 12.8 Å². The standard InChI is InChI=1S/C12H18N4O3/c17-7-6-15-2-1-3-16(5-4-15)12(19)10-8-14-11(18)9-13-10/h8-9,17H,1-7H2,(H,14,18). The van der Waals surface area contributed by atoms with Crippen LogP contribution in [0.1, 0.15) is 16.9 Å². The molecule has 0 atom stereocenters. The third-order valence-corrected chi connectivity index (χ3v) is 3.18. The average molecular weight is 266 g/mol. The minimum absolute atomic E-state index is 0.134. The lowest BCUT2D eigenvalue weighted by Crippen LogP contribution is -2.36. The van der Waals surface area contributed by atoms with Crippen molar-refractivity contribution in [3.05, 3.63) is 28.4 Å². The molecule has 0 unspecified atom stereocenters. The molecular weight excluding hydrogens is 248 g/mol. The van der Waals surface area contributed by atoms with E-state index in [0.29, 0.717) is 19.6 Å². The van der Waals surface area contributed by atoms with Crippen molar-refractivity contribution in [2.45, 2.75) is 6.42 Å². The maximum Gasteiger partial charge on any atom is 0.274 e. The fourth-order valence-corrected chi connectivity index (χ4v) is 2.16. The van der Waals surface area contributed by atoms with Gasteiger partial charge in [0, 0.05) is 32.4 Å². The van der Waals surface area contributed by atoms with Crippen molar-refractivity contribution in [3.63, 3.8) is 0 Å². The molecule has 1 fully saturated rings. The predicted octanol–water partition coefficient (Wildman–Crippen LogP) is -1.09. The Hall–Kier alpha value is -1.73. The quantitative estimate of drug-likeness (QED) is 0.725. The van der Waals surface area contributed by atoms with E-state index < -0.39 is 0 Å². The normalized spacial score (nSPS) is 17.2.